The summed E-state index contributed by atoms with van der Waals surface area (Å²) in [7, 11) is 0. The van der Waals surface area contributed by atoms with Crippen LogP contribution in [0.15, 0.2) is 195 Å². The van der Waals surface area contributed by atoms with E-state index in [4.69, 9.17) is 4.74 Å². The second-order valence-electron chi connectivity index (χ2n) is 12.7. The minimum absolute atomic E-state index is 0.790. The van der Waals surface area contributed by atoms with Gasteiger partial charge in [-0.1, -0.05) is 24.3 Å². The fraction of sp³-hybridized carbons (Fsp3) is 0.0435. The van der Waals surface area contributed by atoms with Crippen molar-refractivity contribution in [2.75, 3.05) is 0 Å². The maximum absolute atomic E-state index is 6.19. The first-order chi connectivity index (χ1) is 25.0. The number of hydrogen-bond donors (Lipinski definition) is 0. The number of hydrogen-bond acceptors (Lipinski definition) is 1. The summed E-state index contributed by atoms with van der Waals surface area (Å²) in [6.07, 6.45) is 16.8. The van der Waals surface area contributed by atoms with Crippen LogP contribution in [0, 0.1) is 13.8 Å². The molecule has 0 radical (unpaired) electrons. The van der Waals surface area contributed by atoms with E-state index < -0.39 is 0 Å². The highest BCUT2D eigenvalue weighted by Crippen LogP contribution is 2.23. The molecule has 8 aromatic rings. The summed E-state index contributed by atoms with van der Waals surface area (Å²) in [5.41, 5.74) is 11.6. The highest BCUT2D eigenvalue weighted by Gasteiger charge is 2.13. The lowest BCUT2D eigenvalue weighted by Gasteiger charge is -2.06. The van der Waals surface area contributed by atoms with Gasteiger partial charge in [-0.05, 0) is 71.5 Å². The Kier molecular flexibility index (Phi) is 8.67. The average Bonchev–Trinajstić information content (AvgIpc) is 3.19. The number of rotatable bonds is 8. The molecule has 0 spiro atoms. The number of benzene rings is 4. The van der Waals surface area contributed by atoms with Crippen LogP contribution in [-0.4, -0.2) is 0 Å². The largest absolute Gasteiger partial charge is 0.457 e. The van der Waals surface area contributed by atoms with Crippen LogP contribution in [0.3, 0.4) is 0 Å². The van der Waals surface area contributed by atoms with E-state index in [2.05, 4.69) is 203 Å². The van der Waals surface area contributed by atoms with Crippen LogP contribution in [-0.2, 0) is 0 Å². The molecule has 0 aliphatic heterocycles. The summed E-state index contributed by atoms with van der Waals surface area (Å²) in [6, 6.07) is 50.5. The molecule has 0 N–H and O–H groups in total. The van der Waals surface area contributed by atoms with Gasteiger partial charge in [0.05, 0.1) is 0 Å². The van der Waals surface area contributed by atoms with E-state index in [1.165, 1.54) is 33.4 Å². The Balaban J connectivity index is 0.883. The quantitative estimate of drug-likeness (QED) is 0.150. The van der Waals surface area contributed by atoms with E-state index in [1.54, 1.807) is 0 Å². The maximum Gasteiger partial charge on any atom is 0.210 e. The highest BCUT2D eigenvalue weighted by atomic mass is 16.5. The fourth-order valence-electron chi connectivity index (χ4n) is 6.25. The van der Waals surface area contributed by atoms with Crippen molar-refractivity contribution in [3.05, 3.63) is 206 Å². The molecule has 4 aromatic heterocycles. The van der Waals surface area contributed by atoms with Gasteiger partial charge >= 0.3 is 0 Å². The third-order valence-electron chi connectivity index (χ3n) is 9.09. The molecule has 5 nitrogen and oxygen atoms in total. The minimum atomic E-state index is 0.790. The fourth-order valence-corrected chi connectivity index (χ4v) is 6.25. The molecular weight excluding hydrogens is 625 g/mol. The van der Waals surface area contributed by atoms with Crippen LogP contribution in [0.5, 0.6) is 11.5 Å². The molecule has 0 fully saturated rings. The summed E-state index contributed by atoms with van der Waals surface area (Å²) in [5.74, 6) is 1.58. The molecule has 244 valence electrons. The zero-order valence-corrected chi connectivity index (χ0v) is 28.7. The summed E-state index contributed by atoms with van der Waals surface area (Å²) in [5, 5.41) is 0. The Bertz CT molecular complexity index is 2230. The number of aryl methyl sites for hydroxylation is 2. The molecule has 0 atom stereocenters. The lowest BCUT2D eigenvalue weighted by molar-refractivity contribution is -0.596. The van der Waals surface area contributed by atoms with Crippen LogP contribution in [0.25, 0.3) is 45.0 Å². The second-order valence-corrected chi connectivity index (χ2v) is 12.7. The van der Waals surface area contributed by atoms with Crippen molar-refractivity contribution in [3.8, 4) is 56.5 Å². The monoisotopic (exact) mass is 662 g/mol. The van der Waals surface area contributed by atoms with Crippen molar-refractivity contribution in [1.82, 2.24) is 0 Å². The standard InChI is InChI=1S/C46H38N4O/c1-35-5-3-7-43(33-35)49-29-21-39(22-30-49)37-17-25-47(26-18-37)41-9-13-45(14-10-41)51-46-15-11-42(12-16-46)48-27-19-38(20-28-48)40-23-31-50(32-24-40)44-8-4-6-36(2)34-44/h3-34H,1-2H3/q+4. The molecule has 0 unspecified atom stereocenters. The SMILES string of the molecule is Cc1cccc(-[n+]2ccc(-c3cc[n+](-c4ccc(Oc5ccc(-[n+]6ccc(-c7cc[n+](-c8cccc(C)c8)cc7)cc6)cc5)cc4)cc3)cc2)c1. The highest BCUT2D eigenvalue weighted by molar-refractivity contribution is 5.62. The Labute approximate surface area is 298 Å². The number of nitrogens with zero attached hydrogens (tertiary/aromatic N) is 4. The van der Waals surface area contributed by atoms with Crippen molar-refractivity contribution in [2.45, 2.75) is 13.8 Å². The molecule has 0 amide bonds. The van der Waals surface area contributed by atoms with E-state index >= 15 is 0 Å². The lowest BCUT2D eigenvalue weighted by Crippen LogP contribution is -2.29. The number of pyridine rings is 4. The molecule has 4 heterocycles. The average molecular weight is 663 g/mol. The summed E-state index contributed by atoms with van der Waals surface area (Å²) in [6.45, 7) is 4.23. The molecule has 4 aromatic carbocycles. The summed E-state index contributed by atoms with van der Waals surface area (Å²) in [4.78, 5) is 0. The molecule has 0 saturated heterocycles. The van der Waals surface area contributed by atoms with E-state index in [0.29, 0.717) is 0 Å². The molecule has 8 rings (SSSR count). The van der Waals surface area contributed by atoms with Gasteiger partial charge in [0, 0.05) is 97.1 Å². The first-order valence-electron chi connectivity index (χ1n) is 17.1. The molecular formula is C46H38N4O+4. The maximum atomic E-state index is 6.19. The zero-order valence-electron chi connectivity index (χ0n) is 28.7. The summed E-state index contributed by atoms with van der Waals surface area (Å²) < 4.78 is 14.7. The molecule has 0 saturated carbocycles. The van der Waals surface area contributed by atoms with Gasteiger partial charge in [-0.3, -0.25) is 0 Å². The van der Waals surface area contributed by atoms with Crippen LogP contribution in [0.2, 0.25) is 0 Å². The van der Waals surface area contributed by atoms with Gasteiger partial charge in [-0.25, -0.2) is 0 Å². The summed E-state index contributed by atoms with van der Waals surface area (Å²) >= 11 is 0. The van der Waals surface area contributed by atoms with Crippen molar-refractivity contribution in [1.29, 1.82) is 0 Å². The van der Waals surface area contributed by atoms with Gasteiger partial charge < -0.3 is 4.74 Å². The van der Waals surface area contributed by atoms with E-state index in [1.807, 2.05) is 24.3 Å². The normalized spacial score (nSPS) is 10.9. The topological polar surface area (TPSA) is 24.8 Å². The van der Waals surface area contributed by atoms with Crippen LogP contribution in [0.4, 0.5) is 0 Å². The Hall–Kier alpha value is -6.72. The number of aromatic nitrogens is 4. The Morgan fingerprint density at radius 1 is 0.314 bits per heavy atom. The molecule has 5 heteroatoms. The predicted octanol–water partition coefficient (Wildman–Crippen LogP) is 8.54. The Morgan fingerprint density at radius 3 is 0.902 bits per heavy atom. The third-order valence-corrected chi connectivity index (χ3v) is 9.09. The predicted molar refractivity (Wildman–Crippen MR) is 199 cm³/mol. The lowest BCUT2D eigenvalue weighted by atomic mass is 10.1. The Morgan fingerprint density at radius 2 is 0.608 bits per heavy atom. The molecule has 0 bridgehead atoms. The number of ether oxygens (including phenoxy) is 1. The van der Waals surface area contributed by atoms with Gasteiger partial charge in [0.15, 0.2) is 49.6 Å². The minimum Gasteiger partial charge on any atom is -0.457 e. The first-order valence-corrected chi connectivity index (χ1v) is 17.1. The van der Waals surface area contributed by atoms with Crippen molar-refractivity contribution in [2.24, 2.45) is 0 Å². The zero-order chi connectivity index (χ0) is 34.6. The smallest absolute Gasteiger partial charge is 0.210 e. The molecule has 0 aliphatic carbocycles. The van der Waals surface area contributed by atoms with E-state index in [9.17, 15) is 0 Å². The van der Waals surface area contributed by atoms with Gasteiger partial charge in [0.1, 0.15) is 11.5 Å². The van der Waals surface area contributed by atoms with Gasteiger partial charge in [0.2, 0.25) is 22.7 Å². The van der Waals surface area contributed by atoms with Crippen LogP contribution in [0.1, 0.15) is 11.1 Å². The molecule has 0 aliphatic rings. The second kappa shape index (κ2) is 14.0. The van der Waals surface area contributed by atoms with Crippen molar-refractivity contribution < 1.29 is 23.0 Å². The third kappa shape index (κ3) is 7.19. The van der Waals surface area contributed by atoms with Gasteiger partial charge in [-0.15, -0.1) is 0 Å². The van der Waals surface area contributed by atoms with Crippen molar-refractivity contribution in [3.63, 3.8) is 0 Å². The first kappa shape index (κ1) is 31.5. The van der Waals surface area contributed by atoms with Crippen LogP contribution >= 0.6 is 0 Å². The van der Waals surface area contributed by atoms with Crippen LogP contribution < -0.4 is 23.0 Å². The van der Waals surface area contributed by atoms with Gasteiger partial charge in [0.25, 0.3) is 0 Å². The van der Waals surface area contributed by atoms with E-state index in [-0.39, 0.29) is 0 Å². The van der Waals surface area contributed by atoms with Crippen molar-refractivity contribution >= 4 is 0 Å². The molecule has 51 heavy (non-hydrogen) atoms. The van der Waals surface area contributed by atoms with Gasteiger partial charge in [-0.2, -0.15) is 18.3 Å². The van der Waals surface area contributed by atoms with E-state index in [0.717, 1.165) is 34.2 Å².